The summed E-state index contributed by atoms with van der Waals surface area (Å²) in [4.78, 5) is 25.9. The van der Waals surface area contributed by atoms with Gasteiger partial charge in [0.25, 0.3) is 0 Å². The Balaban J connectivity index is 2.65. The van der Waals surface area contributed by atoms with E-state index in [4.69, 9.17) is 9.47 Å². The Hall–Kier alpha value is -2.21. The first kappa shape index (κ1) is 22.8. The summed E-state index contributed by atoms with van der Waals surface area (Å²) in [5.41, 5.74) is 0.730. The van der Waals surface area contributed by atoms with Gasteiger partial charge in [0.15, 0.2) is 0 Å². The first-order valence-electron chi connectivity index (χ1n) is 9.36. The second kappa shape index (κ2) is 13.0. The lowest BCUT2D eigenvalue weighted by Gasteiger charge is -2.24. The fraction of sp³-hybridized carbons (Fsp3) is 0.524. The zero-order valence-corrected chi connectivity index (χ0v) is 16.4. The van der Waals surface area contributed by atoms with Crippen molar-refractivity contribution >= 4 is 18.0 Å². The van der Waals surface area contributed by atoms with Gasteiger partial charge < -0.3 is 14.4 Å². The molecule has 0 aromatic heterocycles. The highest BCUT2D eigenvalue weighted by atomic mass is 19.1. The van der Waals surface area contributed by atoms with E-state index in [-0.39, 0.29) is 24.2 Å². The number of methoxy groups -OCH3 is 1. The molecule has 1 aromatic carbocycles. The van der Waals surface area contributed by atoms with Crippen molar-refractivity contribution in [1.29, 1.82) is 0 Å². The third-order valence-corrected chi connectivity index (χ3v) is 4.06. The smallest absolute Gasteiger partial charge is 0.310 e. The average molecular weight is 379 g/mol. The maximum Gasteiger partial charge on any atom is 0.310 e. The van der Waals surface area contributed by atoms with Gasteiger partial charge in [-0.2, -0.15) is 0 Å². The molecule has 1 unspecified atom stereocenters. The molecule has 0 aliphatic carbocycles. The molecule has 1 atom stereocenters. The van der Waals surface area contributed by atoms with Crippen molar-refractivity contribution in [3.63, 3.8) is 0 Å². The van der Waals surface area contributed by atoms with Crippen molar-refractivity contribution < 1.29 is 23.5 Å². The number of ether oxygens (including phenoxy) is 2. The zero-order chi connectivity index (χ0) is 20.1. The minimum Gasteiger partial charge on any atom is -0.469 e. The van der Waals surface area contributed by atoms with Gasteiger partial charge in [-0.05, 0) is 36.6 Å². The summed E-state index contributed by atoms with van der Waals surface area (Å²) in [5.74, 6) is -1.30. The van der Waals surface area contributed by atoms with Gasteiger partial charge in [0.2, 0.25) is 5.91 Å². The molecule has 0 fully saturated rings. The number of carbonyl (C=O) groups excluding carboxylic acids is 2. The molecule has 0 heterocycles. The summed E-state index contributed by atoms with van der Waals surface area (Å²) in [7, 11) is 1.33. The zero-order valence-electron chi connectivity index (χ0n) is 16.4. The maximum absolute atomic E-state index is 13.0. The van der Waals surface area contributed by atoms with Gasteiger partial charge in [-0.1, -0.05) is 32.4 Å². The normalized spacial score (nSPS) is 12.1. The molecule has 0 saturated heterocycles. The van der Waals surface area contributed by atoms with Crippen LogP contribution >= 0.6 is 0 Å². The molecule has 0 aliphatic rings. The van der Waals surface area contributed by atoms with Crippen molar-refractivity contribution in [3.8, 4) is 0 Å². The van der Waals surface area contributed by atoms with E-state index in [1.807, 2.05) is 0 Å². The predicted octanol–water partition coefficient (Wildman–Crippen LogP) is 3.68. The van der Waals surface area contributed by atoms with Crippen molar-refractivity contribution in [3.05, 3.63) is 41.7 Å². The number of nitrogens with zero attached hydrogens (tertiary/aromatic N) is 1. The number of benzene rings is 1. The van der Waals surface area contributed by atoms with Crippen LogP contribution in [0.4, 0.5) is 4.39 Å². The number of hydrogen-bond donors (Lipinski definition) is 0. The van der Waals surface area contributed by atoms with Crippen LogP contribution in [0, 0.1) is 11.7 Å². The lowest BCUT2D eigenvalue weighted by molar-refractivity contribution is -0.146. The van der Waals surface area contributed by atoms with Crippen LogP contribution in [0.2, 0.25) is 0 Å². The Morgan fingerprint density at radius 2 is 1.85 bits per heavy atom. The van der Waals surface area contributed by atoms with Gasteiger partial charge in [0.05, 0.1) is 13.0 Å². The summed E-state index contributed by atoms with van der Waals surface area (Å²) in [5, 5.41) is 0. The molecular formula is C21H30FNO4. The van der Waals surface area contributed by atoms with E-state index in [2.05, 4.69) is 6.92 Å². The Kier molecular flexibility index (Phi) is 11.0. The van der Waals surface area contributed by atoms with Crippen LogP contribution in [0.5, 0.6) is 0 Å². The van der Waals surface area contributed by atoms with Crippen molar-refractivity contribution in [2.45, 2.75) is 33.1 Å². The number of rotatable bonds is 12. The fourth-order valence-electron chi connectivity index (χ4n) is 2.45. The number of amides is 1. The fourth-order valence-corrected chi connectivity index (χ4v) is 2.45. The highest BCUT2D eigenvalue weighted by molar-refractivity contribution is 5.92. The van der Waals surface area contributed by atoms with Gasteiger partial charge in [-0.25, -0.2) is 4.39 Å². The van der Waals surface area contributed by atoms with E-state index in [1.54, 1.807) is 30.0 Å². The van der Waals surface area contributed by atoms with Gasteiger partial charge in [-0.15, -0.1) is 0 Å². The second-order valence-corrected chi connectivity index (χ2v) is 6.41. The Bertz CT molecular complexity index is 601. The van der Waals surface area contributed by atoms with E-state index >= 15 is 0 Å². The van der Waals surface area contributed by atoms with Gasteiger partial charge >= 0.3 is 5.97 Å². The Morgan fingerprint density at radius 1 is 1.19 bits per heavy atom. The molecule has 150 valence electrons. The largest absolute Gasteiger partial charge is 0.469 e. The standard InChI is InChI=1S/C21H30FNO4/c1-4-5-14-27-15-6-13-23(16-17(2)21(25)26-3)20(24)12-9-18-7-10-19(22)11-8-18/h7-12,17H,4-6,13-16H2,1-3H3/b12-9+. The van der Waals surface area contributed by atoms with Crippen LogP contribution in [0.1, 0.15) is 38.7 Å². The number of halogens is 1. The number of carbonyl (C=O) groups is 2. The van der Waals surface area contributed by atoms with Crippen LogP contribution in [0.15, 0.2) is 30.3 Å². The van der Waals surface area contributed by atoms with Gasteiger partial charge in [-0.3, -0.25) is 9.59 Å². The molecule has 0 bridgehead atoms. The molecule has 1 aromatic rings. The number of unbranched alkanes of at least 4 members (excludes halogenated alkanes) is 1. The molecule has 5 nitrogen and oxygen atoms in total. The first-order valence-corrected chi connectivity index (χ1v) is 9.36. The lowest BCUT2D eigenvalue weighted by atomic mass is 10.1. The van der Waals surface area contributed by atoms with Gasteiger partial charge in [0, 0.05) is 32.4 Å². The van der Waals surface area contributed by atoms with Crippen molar-refractivity contribution in [2.24, 2.45) is 5.92 Å². The van der Waals surface area contributed by atoms with E-state index in [0.717, 1.165) is 18.4 Å². The van der Waals surface area contributed by atoms with Crippen molar-refractivity contribution in [1.82, 2.24) is 4.90 Å². The third-order valence-electron chi connectivity index (χ3n) is 4.06. The van der Waals surface area contributed by atoms with Crippen LogP contribution < -0.4 is 0 Å². The monoisotopic (exact) mass is 379 g/mol. The molecule has 0 saturated carbocycles. The highest BCUT2D eigenvalue weighted by Gasteiger charge is 2.20. The molecule has 0 aliphatic heterocycles. The second-order valence-electron chi connectivity index (χ2n) is 6.41. The first-order chi connectivity index (χ1) is 13.0. The number of esters is 1. The molecule has 1 rings (SSSR count). The predicted molar refractivity (Wildman–Crippen MR) is 104 cm³/mol. The van der Waals surface area contributed by atoms with Crippen LogP contribution in [0.25, 0.3) is 6.08 Å². The summed E-state index contributed by atoms with van der Waals surface area (Å²) in [6.45, 7) is 5.87. The molecule has 0 N–H and O–H groups in total. The molecule has 0 radical (unpaired) electrons. The SMILES string of the molecule is CCCCOCCCN(CC(C)C(=O)OC)C(=O)/C=C/c1ccc(F)cc1. The van der Waals surface area contributed by atoms with E-state index in [0.29, 0.717) is 26.2 Å². The van der Waals surface area contributed by atoms with Crippen LogP contribution in [-0.2, 0) is 19.1 Å². The highest BCUT2D eigenvalue weighted by Crippen LogP contribution is 2.08. The third kappa shape index (κ3) is 9.33. The van der Waals surface area contributed by atoms with E-state index in [9.17, 15) is 14.0 Å². The Morgan fingerprint density at radius 3 is 2.48 bits per heavy atom. The summed E-state index contributed by atoms with van der Waals surface area (Å²) in [6, 6.07) is 5.88. The van der Waals surface area contributed by atoms with E-state index in [1.165, 1.54) is 25.3 Å². The Labute approximate surface area is 161 Å². The molecule has 1 amide bonds. The number of hydrogen-bond acceptors (Lipinski definition) is 4. The molecule has 0 spiro atoms. The van der Waals surface area contributed by atoms with Gasteiger partial charge in [0.1, 0.15) is 5.82 Å². The van der Waals surface area contributed by atoms with E-state index < -0.39 is 5.92 Å². The average Bonchev–Trinajstić information content (AvgIpc) is 2.68. The van der Waals surface area contributed by atoms with Crippen LogP contribution in [0.3, 0.4) is 0 Å². The summed E-state index contributed by atoms with van der Waals surface area (Å²) < 4.78 is 23.2. The summed E-state index contributed by atoms with van der Waals surface area (Å²) in [6.07, 6.45) is 5.86. The van der Waals surface area contributed by atoms with Crippen LogP contribution in [-0.4, -0.2) is 50.2 Å². The minimum atomic E-state index is -0.417. The minimum absolute atomic E-state index is 0.205. The molecular weight excluding hydrogens is 349 g/mol. The lowest BCUT2D eigenvalue weighted by Crippen LogP contribution is -2.37. The molecule has 6 heteroatoms. The topological polar surface area (TPSA) is 55.8 Å². The summed E-state index contributed by atoms with van der Waals surface area (Å²) >= 11 is 0. The van der Waals surface area contributed by atoms with Crippen molar-refractivity contribution in [2.75, 3.05) is 33.4 Å². The maximum atomic E-state index is 13.0. The molecule has 27 heavy (non-hydrogen) atoms. The quantitative estimate of drug-likeness (QED) is 0.316.